The summed E-state index contributed by atoms with van der Waals surface area (Å²) < 4.78 is 7.72. The third kappa shape index (κ3) is 3.45. The minimum atomic E-state index is -0.151. The molecule has 4 aromatic rings. The quantitative estimate of drug-likeness (QED) is 0.536. The number of piperidine rings is 1. The van der Waals surface area contributed by atoms with Gasteiger partial charge >= 0.3 is 0 Å². The predicted octanol–water partition coefficient (Wildman–Crippen LogP) is 2.94. The van der Waals surface area contributed by atoms with Crippen LogP contribution in [0.1, 0.15) is 30.0 Å². The summed E-state index contributed by atoms with van der Waals surface area (Å²) in [5.41, 5.74) is 3.92. The van der Waals surface area contributed by atoms with Gasteiger partial charge in [-0.1, -0.05) is 18.2 Å². The fourth-order valence-electron chi connectivity index (χ4n) is 3.83. The molecule has 0 bridgehead atoms. The second-order valence-corrected chi connectivity index (χ2v) is 7.13. The second-order valence-electron chi connectivity index (χ2n) is 7.13. The molecule has 0 radical (unpaired) electrons. The van der Waals surface area contributed by atoms with E-state index in [1.165, 1.54) is 0 Å². The maximum atomic E-state index is 12.3. The zero-order chi connectivity index (χ0) is 19.1. The molecule has 0 atom stereocenters. The lowest BCUT2D eigenvalue weighted by atomic mass is 9.94. The average Bonchev–Trinajstić information content (AvgIpc) is 3.35. The number of nitrogens with zero attached hydrogens (tertiary/aromatic N) is 4. The number of aromatic nitrogens is 5. The minimum absolute atomic E-state index is 0. The molecule has 0 aliphatic carbocycles. The Bertz CT molecular complexity index is 1210. The van der Waals surface area contributed by atoms with Crippen molar-refractivity contribution in [2.24, 2.45) is 0 Å². The van der Waals surface area contributed by atoms with Gasteiger partial charge in [-0.15, -0.1) is 22.6 Å². The van der Waals surface area contributed by atoms with Crippen LogP contribution in [0.15, 0.2) is 45.7 Å². The normalized spacial score (nSPS) is 14.8. The zero-order valence-electron chi connectivity index (χ0n) is 15.9. The standard InChI is InChI=1S/C20H20N6O2.ClH/c1-12-4-2-3-5-14(12)19-24-25-20(28-19)15-11-22-26-16(10-17(27)23-18(15)26)13-6-8-21-9-7-13;/h2-5,10-11,13,21H,6-9H2,1H3,(H,23,27);1H. The number of aromatic amines is 1. The molecule has 2 N–H and O–H groups in total. The monoisotopic (exact) mass is 412 g/mol. The Morgan fingerprint density at radius 2 is 1.83 bits per heavy atom. The third-order valence-corrected chi connectivity index (χ3v) is 5.32. The molecular formula is C20H21ClN6O2. The summed E-state index contributed by atoms with van der Waals surface area (Å²) in [6.07, 6.45) is 3.63. The Kier molecular flexibility index (Phi) is 5.21. The van der Waals surface area contributed by atoms with Gasteiger partial charge in [0, 0.05) is 17.5 Å². The van der Waals surface area contributed by atoms with Gasteiger partial charge in [-0.2, -0.15) is 5.10 Å². The van der Waals surface area contributed by atoms with E-state index in [1.54, 1.807) is 16.8 Å². The molecule has 8 nitrogen and oxygen atoms in total. The van der Waals surface area contributed by atoms with Crippen LogP contribution in [0, 0.1) is 6.92 Å². The van der Waals surface area contributed by atoms with Crippen molar-refractivity contribution in [1.29, 1.82) is 0 Å². The van der Waals surface area contributed by atoms with E-state index in [0.717, 1.165) is 42.8 Å². The van der Waals surface area contributed by atoms with Crippen LogP contribution >= 0.6 is 12.4 Å². The Morgan fingerprint density at radius 3 is 2.59 bits per heavy atom. The summed E-state index contributed by atoms with van der Waals surface area (Å²) in [4.78, 5) is 15.2. The lowest BCUT2D eigenvalue weighted by Gasteiger charge is -2.23. The van der Waals surface area contributed by atoms with E-state index < -0.39 is 0 Å². The zero-order valence-corrected chi connectivity index (χ0v) is 16.7. The highest BCUT2D eigenvalue weighted by molar-refractivity contribution is 5.85. The number of hydrogen-bond acceptors (Lipinski definition) is 6. The molecule has 0 spiro atoms. The van der Waals surface area contributed by atoms with Gasteiger partial charge in [-0.25, -0.2) is 4.52 Å². The summed E-state index contributed by atoms with van der Waals surface area (Å²) in [5, 5.41) is 16.2. The molecule has 5 rings (SSSR count). The van der Waals surface area contributed by atoms with E-state index in [-0.39, 0.29) is 18.0 Å². The molecule has 0 amide bonds. The fraction of sp³-hybridized carbons (Fsp3) is 0.300. The van der Waals surface area contributed by atoms with E-state index in [4.69, 9.17) is 4.42 Å². The molecule has 9 heteroatoms. The number of hydrogen-bond donors (Lipinski definition) is 2. The highest BCUT2D eigenvalue weighted by Crippen LogP contribution is 2.30. The molecule has 1 aliphatic heterocycles. The number of rotatable bonds is 3. The molecule has 0 unspecified atom stereocenters. The predicted molar refractivity (Wildman–Crippen MR) is 111 cm³/mol. The van der Waals surface area contributed by atoms with Gasteiger partial charge in [0.05, 0.1) is 11.9 Å². The van der Waals surface area contributed by atoms with Crippen LogP contribution in [-0.2, 0) is 0 Å². The maximum absolute atomic E-state index is 12.3. The van der Waals surface area contributed by atoms with Crippen LogP contribution in [0.4, 0.5) is 0 Å². The van der Waals surface area contributed by atoms with Crippen molar-refractivity contribution >= 4 is 18.1 Å². The van der Waals surface area contributed by atoms with E-state index in [9.17, 15) is 4.79 Å². The van der Waals surface area contributed by atoms with Crippen molar-refractivity contribution in [1.82, 2.24) is 30.1 Å². The minimum Gasteiger partial charge on any atom is -0.416 e. The first-order valence-corrected chi connectivity index (χ1v) is 9.42. The van der Waals surface area contributed by atoms with Gasteiger partial charge in [-0.3, -0.25) is 4.79 Å². The molecular weight excluding hydrogens is 392 g/mol. The summed E-state index contributed by atoms with van der Waals surface area (Å²) in [7, 11) is 0. The van der Waals surface area contributed by atoms with Crippen LogP contribution in [-0.4, -0.2) is 37.9 Å². The number of fused-ring (bicyclic) bond motifs is 1. The molecule has 0 saturated carbocycles. The third-order valence-electron chi connectivity index (χ3n) is 5.32. The average molecular weight is 413 g/mol. The highest BCUT2D eigenvalue weighted by atomic mass is 35.5. The SMILES string of the molecule is Cc1ccccc1-c1nnc(-c2cnn3c(C4CCNCC4)cc(=O)[nH]c23)o1.Cl. The smallest absolute Gasteiger partial charge is 0.253 e. The number of aryl methyl sites for hydroxylation is 1. The van der Waals surface area contributed by atoms with Crippen LogP contribution in [0.2, 0.25) is 0 Å². The van der Waals surface area contributed by atoms with Crippen LogP contribution in [0.3, 0.4) is 0 Å². The van der Waals surface area contributed by atoms with Crippen molar-refractivity contribution in [2.45, 2.75) is 25.7 Å². The van der Waals surface area contributed by atoms with E-state index in [0.29, 0.717) is 28.9 Å². The molecule has 1 saturated heterocycles. The molecule has 150 valence electrons. The largest absolute Gasteiger partial charge is 0.416 e. The second kappa shape index (κ2) is 7.81. The topological polar surface area (TPSA) is 101 Å². The van der Waals surface area contributed by atoms with Crippen molar-refractivity contribution in [3.63, 3.8) is 0 Å². The Labute approximate surface area is 172 Å². The van der Waals surface area contributed by atoms with Gasteiger partial charge in [-0.05, 0) is 44.5 Å². The summed E-state index contributed by atoms with van der Waals surface area (Å²) in [6, 6.07) is 9.49. The molecule has 29 heavy (non-hydrogen) atoms. The van der Waals surface area contributed by atoms with Gasteiger partial charge in [0.15, 0.2) is 0 Å². The lowest BCUT2D eigenvalue weighted by molar-refractivity contribution is 0.446. The first-order chi connectivity index (χ1) is 13.7. The van der Waals surface area contributed by atoms with Gasteiger partial charge in [0.1, 0.15) is 11.2 Å². The highest BCUT2D eigenvalue weighted by Gasteiger charge is 2.22. The van der Waals surface area contributed by atoms with Crippen molar-refractivity contribution in [3.05, 3.63) is 58.1 Å². The van der Waals surface area contributed by atoms with E-state index >= 15 is 0 Å². The Balaban J connectivity index is 0.00000205. The van der Waals surface area contributed by atoms with Crippen molar-refractivity contribution < 1.29 is 4.42 Å². The van der Waals surface area contributed by atoms with Crippen molar-refractivity contribution in [2.75, 3.05) is 13.1 Å². The van der Waals surface area contributed by atoms with Gasteiger partial charge in [0.25, 0.3) is 11.4 Å². The summed E-state index contributed by atoms with van der Waals surface area (Å²) in [6.45, 7) is 3.88. The molecule has 1 aliphatic rings. The molecule has 3 aromatic heterocycles. The molecule has 1 fully saturated rings. The van der Waals surface area contributed by atoms with Gasteiger partial charge in [0.2, 0.25) is 5.89 Å². The maximum Gasteiger partial charge on any atom is 0.253 e. The van der Waals surface area contributed by atoms with Crippen LogP contribution in [0.5, 0.6) is 0 Å². The first kappa shape index (κ1) is 19.4. The number of nitrogens with one attached hydrogen (secondary N) is 2. The Morgan fingerprint density at radius 1 is 1.10 bits per heavy atom. The number of halogens is 1. The number of benzene rings is 1. The van der Waals surface area contributed by atoms with Crippen LogP contribution in [0.25, 0.3) is 28.6 Å². The number of H-pyrrole nitrogens is 1. The van der Waals surface area contributed by atoms with Crippen LogP contribution < -0.4 is 10.9 Å². The fourth-order valence-corrected chi connectivity index (χ4v) is 3.83. The summed E-state index contributed by atoms with van der Waals surface area (Å²) >= 11 is 0. The lowest BCUT2D eigenvalue weighted by Crippen LogP contribution is -2.28. The van der Waals surface area contributed by atoms with Gasteiger partial charge < -0.3 is 14.7 Å². The molecule has 1 aromatic carbocycles. The Hall–Kier alpha value is -2.97. The first-order valence-electron chi connectivity index (χ1n) is 9.42. The van der Waals surface area contributed by atoms with Crippen molar-refractivity contribution in [3.8, 4) is 22.9 Å². The van der Waals surface area contributed by atoms with E-state index in [1.807, 2.05) is 31.2 Å². The van der Waals surface area contributed by atoms with E-state index in [2.05, 4.69) is 25.6 Å². The summed E-state index contributed by atoms with van der Waals surface area (Å²) in [5.74, 6) is 1.08. The molecule has 4 heterocycles.